The average molecular weight is 477 g/mol. The van der Waals surface area contributed by atoms with Crippen LogP contribution >= 0.6 is 11.6 Å². The van der Waals surface area contributed by atoms with Crippen LogP contribution < -0.4 is 10.0 Å². The molecule has 1 aromatic carbocycles. The van der Waals surface area contributed by atoms with Gasteiger partial charge in [0.2, 0.25) is 15.9 Å². The molecule has 1 aliphatic rings. The normalized spacial score (nSPS) is 14.5. The van der Waals surface area contributed by atoms with Gasteiger partial charge in [0.25, 0.3) is 0 Å². The van der Waals surface area contributed by atoms with Crippen LogP contribution in [0.25, 0.3) is 10.8 Å². The van der Waals surface area contributed by atoms with Gasteiger partial charge in [-0.15, -0.1) is 0 Å². The standard InChI is InChI=1S/C21H25ClN6O3S/c1-4-32(30,31)26-15-7-14-8-19(23-11-17(14)18(22)9-15)24-20-10-16-5-6-27(13(2)3)21(29)12-28(16)25-20/h7-11,13,26H,4-6,12H2,1-3H3,(H,23,24,25). The number of pyridine rings is 1. The molecule has 0 unspecified atom stereocenters. The Hall–Kier alpha value is -2.85. The molecule has 0 saturated heterocycles. The molecule has 11 heteroatoms. The summed E-state index contributed by atoms with van der Waals surface area (Å²) in [5.41, 5.74) is 1.37. The van der Waals surface area contributed by atoms with E-state index in [4.69, 9.17) is 11.6 Å². The van der Waals surface area contributed by atoms with Crippen LogP contribution in [0.3, 0.4) is 0 Å². The van der Waals surface area contributed by atoms with Crippen LogP contribution in [0.15, 0.2) is 30.5 Å². The van der Waals surface area contributed by atoms with Crippen LogP contribution in [-0.2, 0) is 27.8 Å². The smallest absolute Gasteiger partial charge is 0.244 e. The third kappa shape index (κ3) is 4.66. The van der Waals surface area contributed by atoms with Gasteiger partial charge in [-0.3, -0.25) is 14.2 Å². The number of aromatic nitrogens is 3. The first kappa shape index (κ1) is 22.3. The van der Waals surface area contributed by atoms with Gasteiger partial charge in [-0.25, -0.2) is 13.4 Å². The highest BCUT2D eigenvalue weighted by atomic mass is 35.5. The summed E-state index contributed by atoms with van der Waals surface area (Å²) in [4.78, 5) is 18.7. The maximum absolute atomic E-state index is 12.5. The number of hydrogen-bond acceptors (Lipinski definition) is 6. The minimum atomic E-state index is -3.42. The maximum atomic E-state index is 12.5. The van der Waals surface area contributed by atoms with Crippen molar-refractivity contribution in [1.82, 2.24) is 19.7 Å². The zero-order valence-corrected chi connectivity index (χ0v) is 19.7. The molecule has 0 fully saturated rings. The number of halogens is 1. The van der Waals surface area contributed by atoms with Crippen LogP contribution in [0.4, 0.5) is 17.3 Å². The molecule has 3 aromatic rings. The van der Waals surface area contributed by atoms with Crippen molar-refractivity contribution >= 4 is 55.6 Å². The number of benzene rings is 1. The minimum Gasteiger partial charge on any atom is -0.338 e. The van der Waals surface area contributed by atoms with Crippen molar-refractivity contribution in [1.29, 1.82) is 0 Å². The molecule has 170 valence electrons. The summed E-state index contributed by atoms with van der Waals surface area (Å²) in [6.07, 6.45) is 2.35. The predicted molar refractivity (Wildman–Crippen MR) is 126 cm³/mol. The Morgan fingerprint density at radius 2 is 1.97 bits per heavy atom. The van der Waals surface area contributed by atoms with Crippen molar-refractivity contribution in [3.8, 4) is 0 Å². The summed E-state index contributed by atoms with van der Waals surface area (Å²) in [7, 11) is -3.42. The number of carbonyl (C=O) groups excluding carboxylic acids is 1. The van der Waals surface area contributed by atoms with Crippen molar-refractivity contribution in [2.24, 2.45) is 0 Å². The highest BCUT2D eigenvalue weighted by Gasteiger charge is 2.23. The van der Waals surface area contributed by atoms with E-state index < -0.39 is 10.0 Å². The molecule has 0 spiro atoms. The number of fused-ring (bicyclic) bond motifs is 2. The maximum Gasteiger partial charge on any atom is 0.244 e. The summed E-state index contributed by atoms with van der Waals surface area (Å²) in [6.45, 7) is 6.45. The lowest BCUT2D eigenvalue weighted by molar-refractivity contribution is -0.133. The lowest BCUT2D eigenvalue weighted by Gasteiger charge is -2.24. The van der Waals surface area contributed by atoms with Gasteiger partial charge in [0.1, 0.15) is 12.4 Å². The van der Waals surface area contributed by atoms with Crippen molar-refractivity contribution in [3.63, 3.8) is 0 Å². The lowest BCUT2D eigenvalue weighted by atomic mass is 10.1. The molecule has 1 aliphatic heterocycles. The largest absolute Gasteiger partial charge is 0.338 e. The monoisotopic (exact) mass is 476 g/mol. The molecular weight excluding hydrogens is 452 g/mol. The van der Waals surface area contributed by atoms with Crippen molar-refractivity contribution in [2.75, 3.05) is 22.3 Å². The van der Waals surface area contributed by atoms with Gasteiger partial charge in [-0.05, 0) is 44.4 Å². The summed E-state index contributed by atoms with van der Waals surface area (Å²) < 4.78 is 28.1. The molecule has 0 bridgehead atoms. The van der Waals surface area contributed by atoms with E-state index in [1.807, 2.05) is 24.8 Å². The summed E-state index contributed by atoms with van der Waals surface area (Å²) in [6, 6.07) is 7.13. The number of hydrogen-bond donors (Lipinski definition) is 2. The molecule has 9 nitrogen and oxygen atoms in total. The first-order chi connectivity index (χ1) is 15.1. The van der Waals surface area contributed by atoms with Gasteiger partial charge in [-0.2, -0.15) is 5.10 Å². The number of amides is 1. The zero-order chi connectivity index (χ0) is 23.0. The Balaban J connectivity index is 1.58. The number of anilines is 3. The predicted octanol–water partition coefficient (Wildman–Crippen LogP) is 3.38. The minimum absolute atomic E-state index is 0.0335. The van der Waals surface area contributed by atoms with E-state index in [2.05, 4.69) is 20.1 Å². The zero-order valence-electron chi connectivity index (χ0n) is 18.1. The van der Waals surface area contributed by atoms with Crippen LogP contribution in [0.2, 0.25) is 5.02 Å². The topological polar surface area (TPSA) is 109 Å². The van der Waals surface area contributed by atoms with E-state index in [9.17, 15) is 13.2 Å². The molecule has 0 atom stereocenters. The van der Waals surface area contributed by atoms with E-state index in [1.54, 1.807) is 36.0 Å². The van der Waals surface area contributed by atoms with Crippen LogP contribution in [0.5, 0.6) is 0 Å². The number of carbonyl (C=O) groups is 1. The van der Waals surface area contributed by atoms with E-state index in [0.717, 1.165) is 17.5 Å². The molecule has 0 radical (unpaired) electrons. The van der Waals surface area contributed by atoms with Crippen LogP contribution in [0, 0.1) is 0 Å². The second-order valence-electron chi connectivity index (χ2n) is 7.99. The molecule has 32 heavy (non-hydrogen) atoms. The SMILES string of the molecule is CCS(=O)(=O)Nc1cc(Cl)c2cnc(Nc3cc4n(n3)CC(=O)N(C(C)C)CC4)cc2c1. The third-order valence-electron chi connectivity index (χ3n) is 5.40. The highest BCUT2D eigenvalue weighted by Crippen LogP contribution is 2.30. The fourth-order valence-electron chi connectivity index (χ4n) is 3.70. The van der Waals surface area contributed by atoms with Crippen molar-refractivity contribution in [2.45, 2.75) is 39.8 Å². The fraction of sp³-hybridized carbons (Fsp3) is 0.381. The Morgan fingerprint density at radius 3 is 2.69 bits per heavy atom. The van der Waals surface area contributed by atoms with Crippen LogP contribution in [0.1, 0.15) is 26.5 Å². The quantitative estimate of drug-likeness (QED) is 0.564. The molecule has 2 N–H and O–H groups in total. The molecule has 0 aliphatic carbocycles. The Morgan fingerprint density at radius 1 is 1.19 bits per heavy atom. The summed E-state index contributed by atoms with van der Waals surface area (Å²) >= 11 is 6.33. The number of rotatable bonds is 6. The van der Waals surface area contributed by atoms with Gasteiger partial charge in [0.15, 0.2) is 5.82 Å². The third-order valence-corrected chi connectivity index (χ3v) is 7.02. The summed E-state index contributed by atoms with van der Waals surface area (Å²) in [5.74, 6) is 1.14. The van der Waals surface area contributed by atoms with Gasteiger partial charge in [-0.1, -0.05) is 11.6 Å². The second-order valence-corrected chi connectivity index (χ2v) is 10.4. The van der Waals surface area contributed by atoms with E-state index in [1.165, 1.54) is 0 Å². The number of nitrogens with zero attached hydrogens (tertiary/aromatic N) is 4. The molecule has 0 saturated carbocycles. The average Bonchev–Trinajstić information content (AvgIpc) is 3.00. The Labute approximate surface area is 191 Å². The summed E-state index contributed by atoms with van der Waals surface area (Å²) in [5, 5.41) is 9.53. The molecule has 1 amide bonds. The van der Waals surface area contributed by atoms with Crippen LogP contribution in [-0.4, -0.2) is 52.3 Å². The van der Waals surface area contributed by atoms with Gasteiger partial charge in [0, 0.05) is 42.4 Å². The lowest BCUT2D eigenvalue weighted by Crippen LogP contribution is -2.38. The van der Waals surface area contributed by atoms with Gasteiger partial charge >= 0.3 is 0 Å². The molecule has 2 aromatic heterocycles. The van der Waals surface area contributed by atoms with Crippen molar-refractivity contribution < 1.29 is 13.2 Å². The van der Waals surface area contributed by atoms with E-state index in [0.29, 0.717) is 34.3 Å². The van der Waals surface area contributed by atoms with Gasteiger partial charge in [0.05, 0.1) is 16.5 Å². The van der Waals surface area contributed by atoms with E-state index >= 15 is 0 Å². The Kier molecular flexibility index (Phi) is 6.00. The van der Waals surface area contributed by atoms with Gasteiger partial charge < -0.3 is 10.2 Å². The molecular formula is C21H25ClN6O3S. The number of sulfonamides is 1. The van der Waals surface area contributed by atoms with Crippen molar-refractivity contribution in [3.05, 3.63) is 41.2 Å². The second kappa shape index (κ2) is 8.59. The molecule has 3 heterocycles. The fourth-order valence-corrected chi connectivity index (χ4v) is 4.60. The first-order valence-corrected chi connectivity index (χ1v) is 12.4. The first-order valence-electron chi connectivity index (χ1n) is 10.4. The molecule has 4 rings (SSSR count). The van der Waals surface area contributed by atoms with E-state index in [-0.39, 0.29) is 24.2 Å². The Bertz CT molecular complexity index is 1290. The highest BCUT2D eigenvalue weighted by molar-refractivity contribution is 7.92. The number of nitrogens with one attached hydrogen (secondary N) is 2.